The summed E-state index contributed by atoms with van der Waals surface area (Å²) in [6.07, 6.45) is 3.63. The van der Waals surface area contributed by atoms with Crippen LogP contribution in [-0.4, -0.2) is 33.2 Å². The summed E-state index contributed by atoms with van der Waals surface area (Å²) in [5.74, 6) is -0.337. The van der Waals surface area contributed by atoms with Gasteiger partial charge in [0.2, 0.25) is 0 Å². The molecule has 0 spiro atoms. The number of carbonyl (C=O) groups excluding carboxylic acids is 2. The van der Waals surface area contributed by atoms with Crippen LogP contribution in [0.3, 0.4) is 0 Å². The van der Waals surface area contributed by atoms with E-state index in [2.05, 4.69) is 4.98 Å². The van der Waals surface area contributed by atoms with Gasteiger partial charge in [0.05, 0.1) is 11.6 Å². The van der Waals surface area contributed by atoms with Gasteiger partial charge in [-0.15, -0.1) is 0 Å². The van der Waals surface area contributed by atoms with Crippen LogP contribution >= 0.6 is 0 Å². The Labute approximate surface area is 209 Å². The van der Waals surface area contributed by atoms with E-state index in [1.807, 2.05) is 78.9 Å². The van der Waals surface area contributed by atoms with Crippen molar-refractivity contribution >= 4 is 17.4 Å². The van der Waals surface area contributed by atoms with Crippen LogP contribution < -0.4 is 4.74 Å². The van der Waals surface area contributed by atoms with Crippen molar-refractivity contribution < 1.29 is 19.4 Å². The Morgan fingerprint density at radius 1 is 0.833 bits per heavy atom. The van der Waals surface area contributed by atoms with Crippen molar-refractivity contribution in [1.29, 1.82) is 0 Å². The first-order valence-corrected chi connectivity index (χ1v) is 11.7. The number of likely N-dealkylation sites (tertiary alicyclic amines) is 1. The first kappa shape index (κ1) is 23.1. The largest absolute Gasteiger partial charge is 0.507 e. The number of aromatic nitrogens is 1. The Hall–Kier alpha value is -4.71. The molecule has 5 rings (SSSR count). The number of aliphatic hydroxyl groups is 1. The fourth-order valence-corrected chi connectivity index (χ4v) is 4.39. The lowest BCUT2D eigenvalue weighted by molar-refractivity contribution is -0.139. The number of pyridine rings is 1. The maximum absolute atomic E-state index is 13.2. The third kappa shape index (κ3) is 4.74. The van der Waals surface area contributed by atoms with E-state index in [-0.39, 0.29) is 11.3 Å². The van der Waals surface area contributed by atoms with Gasteiger partial charge in [0, 0.05) is 24.5 Å². The number of ketones is 1. The standard InChI is InChI=1S/C30H24N2O4/c33-28(22-14-17-31-18-15-22)26-27(23-10-7-13-25(20-23)36-24-11-5-2-6-12-24)32(30(35)29(26)34)19-16-21-8-3-1-4-9-21/h1-15,17-18,20,27,33H,16,19H2. The summed E-state index contributed by atoms with van der Waals surface area (Å²) in [6, 6.07) is 28.9. The van der Waals surface area contributed by atoms with Crippen molar-refractivity contribution in [3.05, 3.63) is 132 Å². The second kappa shape index (κ2) is 10.3. The molecular formula is C30H24N2O4. The van der Waals surface area contributed by atoms with E-state index in [4.69, 9.17) is 4.74 Å². The van der Waals surface area contributed by atoms with Gasteiger partial charge in [0.15, 0.2) is 0 Å². The predicted octanol–water partition coefficient (Wildman–Crippen LogP) is 5.54. The number of ether oxygens (including phenoxy) is 1. The molecule has 0 radical (unpaired) electrons. The molecule has 0 saturated carbocycles. The van der Waals surface area contributed by atoms with Crippen molar-refractivity contribution in [2.24, 2.45) is 0 Å². The van der Waals surface area contributed by atoms with Crippen LogP contribution in [0.25, 0.3) is 5.76 Å². The normalized spacial score (nSPS) is 16.8. The SMILES string of the molecule is O=C1C(=O)N(CCc2ccccc2)C(c2cccc(Oc3ccccc3)c2)C1=C(O)c1ccncc1. The van der Waals surface area contributed by atoms with Crippen LogP contribution in [0.5, 0.6) is 11.5 Å². The topological polar surface area (TPSA) is 79.7 Å². The molecule has 1 N–H and O–H groups in total. The molecule has 2 heterocycles. The molecule has 6 heteroatoms. The minimum Gasteiger partial charge on any atom is -0.507 e. The van der Waals surface area contributed by atoms with Gasteiger partial charge in [0.25, 0.3) is 11.7 Å². The van der Waals surface area contributed by atoms with E-state index in [1.54, 1.807) is 18.2 Å². The smallest absolute Gasteiger partial charge is 0.295 e. The summed E-state index contributed by atoms with van der Waals surface area (Å²) in [6.45, 7) is 0.316. The first-order valence-electron chi connectivity index (χ1n) is 11.7. The van der Waals surface area contributed by atoms with Crippen molar-refractivity contribution in [3.63, 3.8) is 0 Å². The molecule has 1 aliphatic rings. The van der Waals surface area contributed by atoms with Gasteiger partial charge in [-0.3, -0.25) is 14.6 Å². The Bertz CT molecular complexity index is 1400. The van der Waals surface area contributed by atoms with Crippen molar-refractivity contribution in [1.82, 2.24) is 9.88 Å². The molecule has 1 amide bonds. The van der Waals surface area contributed by atoms with E-state index in [9.17, 15) is 14.7 Å². The first-order chi connectivity index (χ1) is 17.6. The van der Waals surface area contributed by atoms with Crippen LogP contribution in [0.2, 0.25) is 0 Å². The highest BCUT2D eigenvalue weighted by Crippen LogP contribution is 2.40. The fourth-order valence-electron chi connectivity index (χ4n) is 4.39. The molecular weight excluding hydrogens is 452 g/mol. The van der Waals surface area contributed by atoms with Crippen molar-refractivity contribution in [3.8, 4) is 11.5 Å². The van der Waals surface area contributed by atoms with E-state index in [0.717, 1.165) is 5.56 Å². The molecule has 6 nitrogen and oxygen atoms in total. The monoisotopic (exact) mass is 476 g/mol. The van der Waals surface area contributed by atoms with E-state index in [0.29, 0.717) is 35.6 Å². The maximum Gasteiger partial charge on any atom is 0.295 e. The molecule has 1 saturated heterocycles. The van der Waals surface area contributed by atoms with Crippen LogP contribution in [0.4, 0.5) is 0 Å². The number of Topliss-reactive ketones (excluding diaryl/α,β-unsaturated/α-hetero) is 1. The third-order valence-corrected chi connectivity index (χ3v) is 6.13. The maximum atomic E-state index is 13.2. The van der Waals surface area contributed by atoms with Gasteiger partial charge in [-0.2, -0.15) is 0 Å². The molecule has 1 aromatic heterocycles. The Morgan fingerprint density at radius 2 is 1.50 bits per heavy atom. The highest BCUT2D eigenvalue weighted by Gasteiger charge is 2.46. The lowest BCUT2D eigenvalue weighted by Crippen LogP contribution is -2.31. The Morgan fingerprint density at radius 3 is 2.22 bits per heavy atom. The zero-order valence-corrected chi connectivity index (χ0v) is 19.5. The molecule has 0 aliphatic carbocycles. The number of rotatable bonds is 7. The number of aliphatic hydroxyl groups excluding tert-OH is 1. The van der Waals surface area contributed by atoms with Gasteiger partial charge in [-0.05, 0) is 53.9 Å². The van der Waals surface area contributed by atoms with Crippen molar-refractivity contribution in [2.45, 2.75) is 12.5 Å². The molecule has 4 aromatic rings. The number of benzene rings is 3. The average molecular weight is 477 g/mol. The zero-order chi connectivity index (χ0) is 24.9. The third-order valence-electron chi connectivity index (χ3n) is 6.13. The van der Waals surface area contributed by atoms with Gasteiger partial charge < -0.3 is 14.7 Å². The number of para-hydroxylation sites is 1. The van der Waals surface area contributed by atoms with Crippen LogP contribution in [0.15, 0.2) is 115 Å². The fraction of sp³-hybridized carbons (Fsp3) is 0.100. The average Bonchev–Trinajstić information content (AvgIpc) is 3.18. The summed E-state index contributed by atoms with van der Waals surface area (Å²) in [5.41, 5.74) is 2.20. The number of hydrogen-bond acceptors (Lipinski definition) is 5. The minimum atomic E-state index is -0.763. The molecule has 36 heavy (non-hydrogen) atoms. The van der Waals surface area contributed by atoms with E-state index in [1.165, 1.54) is 17.3 Å². The summed E-state index contributed by atoms with van der Waals surface area (Å²) >= 11 is 0. The number of nitrogens with zero attached hydrogens (tertiary/aromatic N) is 2. The molecule has 3 aromatic carbocycles. The summed E-state index contributed by atoms with van der Waals surface area (Å²) in [5, 5.41) is 11.2. The lowest BCUT2D eigenvalue weighted by Gasteiger charge is -2.25. The minimum absolute atomic E-state index is 0.0520. The van der Waals surface area contributed by atoms with Gasteiger partial charge in [-0.1, -0.05) is 60.7 Å². The lowest BCUT2D eigenvalue weighted by atomic mass is 9.95. The summed E-state index contributed by atoms with van der Waals surface area (Å²) < 4.78 is 6.00. The van der Waals surface area contributed by atoms with Gasteiger partial charge >= 0.3 is 0 Å². The zero-order valence-electron chi connectivity index (χ0n) is 19.5. The second-order valence-electron chi connectivity index (χ2n) is 8.45. The van der Waals surface area contributed by atoms with Crippen LogP contribution in [-0.2, 0) is 16.0 Å². The molecule has 1 unspecified atom stereocenters. The summed E-state index contributed by atoms with van der Waals surface area (Å²) in [7, 11) is 0. The highest BCUT2D eigenvalue weighted by molar-refractivity contribution is 6.46. The quantitative estimate of drug-likeness (QED) is 0.215. The number of hydrogen-bond donors (Lipinski definition) is 1. The molecule has 1 fully saturated rings. The predicted molar refractivity (Wildman–Crippen MR) is 136 cm³/mol. The van der Waals surface area contributed by atoms with Gasteiger partial charge in [-0.25, -0.2) is 0 Å². The van der Waals surface area contributed by atoms with Gasteiger partial charge in [0.1, 0.15) is 17.3 Å². The number of amides is 1. The number of carbonyl (C=O) groups is 2. The van der Waals surface area contributed by atoms with Crippen LogP contribution in [0, 0.1) is 0 Å². The van der Waals surface area contributed by atoms with E-state index < -0.39 is 17.7 Å². The summed E-state index contributed by atoms with van der Waals surface area (Å²) in [4.78, 5) is 32.0. The second-order valence-corrected chi connectivity index (χ2v) is 8.45. The van der Waals surface area contributed by atoms with Crippen LogP contribution in [0.1, 0.15) is 22.7 Å². The molecule has 178 valence electrons. The molecule has 1 aliphatic heterocycles. The highest BCUT2D eigenvalue weighted by atomic mass is 16.5. The van der Waals surface area contributed by atoms with E-state index >= 15 is 0 Å². The van der Waals surface area contributed by atoms with Crippen molar-refractivity contribution in [2.75, 3.05) is 6.54 Å². The Balaban J connectivity index is 1.56. The molecule has 1 atom stereocenters. The Kier molecular flexibility index (Phi) is 6.58. The molecule has 0 bridgehead atoms.